The third-order valence-corrected chi connectivity index (χ3v) is 3.41. The highest BCUT2D eigenvalue weighted by Crippen LogP contribution is 2.31. The number of carbonyl (C=O) groups is 1. The molecule has 0 saturated carbocycles. The largest absolute Gasteiger partial charge is 0.444 e. The van der Waals surface area contributed by atoms with E-state index >= 15 is 0 Å². The van der Waals surface area contributed by atoms with Crippen LogP contribution in [0.2, 0.25) is 0 Å². The first-order valence-corrected chi connectivity index (χ1v) is 8.58. The number of nitrogens with zero attached hydrogens (tertiary/aromatic N) is 2. The van der Waals surface area contributed by atoms with Gasteiger partial charge in [0.15, 0.2) is 0 Å². The van der Waals surface area contributed by atoms with Crippen molar-refractivity contribution in [3.8, 4) is 0 Å². The molecule has 0 aliphatic heterocycles. The van der Waals surface area contributed by atoms with Gasteiger partial charge in [-0.1, -0.05) is 18.2 Å². The Hall–Kier alpha value is -2.94. The van der Waals surface area contributed by atoms with Crippen LogP contribution in [0.25, 0.3) is 10.9 Å². The van der Waals surface area contributed by atoms with Crippen LogP contribution in [-0.4, -0.2) is 47.9 Å². The summed E-state index contributed by atoms with van der Waals surface area (Å²) in [4.78, 5) is 26.4. The summed E-state index contributed by atoms with van der Waals surface area (Å²) in [5, 5.41) is 17.6. The number of hydrogen-bond acceptors (Lipinski definition) is 7. The second-order valence-electron chi connectivity index (χ2n) is 6.76. The molecule has 0 atom stereocenters. The minimum atomic E-state index is -0.545. The summed E-state index contributed by atoms with van der Waals surface area (Å²) in [6, 6.07) is 7.20. The van der Waals surface area contributed by atoms with Crippen molar-refractivity contribution >= 4 is 28.4 Å². The summed E-state index contributed by atoms with van der Waals surface area (Å²) in [6.07, 6.45) is 0.749. The highest BCUT2D eigenvalue weighted by molar-refractivity contribution is 5.95. The first-order valence-electron chi connectivity index (χ1n) is 8.58. The van der Waals surface area contributed by atoms with Gasteiger partial charge in [-0.05, 0) is 26.8 Å². The minimum Gasteiger partial charge on any atom is -0.444 e. The van der Waals surface area contributed by atoms with Crippen LogP contribution in [0.15, 0.2) is 30.5 Å². The highest BCUT2D eigenvalue weighted by Gasteiger charge is 2.17. The van der Waals surface area contributed by atoms with Gasteiger partial charge < -0.3 is 20.1 Å². The predicted molar refractivity (Wildman–Crippen MR) is 102 cm³/mol. The zero-order chi connectivity index (χ0) is 19.9. The van der Waals surface area contributed by atoms with Crippen LogP contribution >= 0.6 is 0 Å². The summed E-state index contributed by atoms with van der Waals surface area (Å²) in [5.74, 6) is 0. The Balaban J connectivity index is 1.80. The molecule has 0 aliphatic carbocycles. The molecule has 1 aromatic heterocycles. The molecule has 2 rings (SSSR count). The number of alkyl carbamates (subject to hydrolysis) is 1. The molecule has 0 spiro atoms. The number of hydrogen-bond donors (Lipinski definition) is 2. The molecular formula is C18H24N4O5. The first-order chi connectivity index (χ1) is 12.8. The lowest BCUT2D eigenvalue weighted by atomic mass is 10.1. The van der Waals surface area contributed by atoms with E-state index in [-0.39, 0.29) is 5.69 Å². The van der Waals surface area contributed by atoms with Gasteiger partial charge in [0.2, 0.25) is 0 Å². The van der Waals surface area contributed by atoms with Crippen molar-refractivity contribution in [2.24, 2.45) is 0 Å². The van der Waals surface area contributed by atoms with Crippen LogP contribution in [0.5, 0.6) is 0 Å². The zero-order valence-electron chi connectivity index (χ0n) is 15.7. The third kappa shape index (κ3) is 6.37. The van der Waals surface area contributed by atoms with Gasteiger partial charge in [0.25, 0.3) is 0 Å². The van der Waals surface area contributed by atoms with Gasteiger partial charge in [0.05, 0.1) is 23.7 Å². The number of nitro groups is 1. The number of carbonyl (C=O) groups excluding carboxylic acids is 1. The lowest BCUT2D eigenvalue weighted by Crippen LogP contribution is -2.34. The highest BCUT2D eigenvalue weighted by atomic mass is 16.6. The first kappa shape index (κ1) is 20.4. The number of nitrogens with one attached hydrogen (secondary N) is 2. The Morgan fingerprint density at radius 2 is 1.93 bits per heavy atom. The molecule has 27 heavy (non-hydrogen) atoms. The topological polar surface area (TPSA) is 116 Å². The Kier molecular flexibility index (Phi) is 6.89. The second kappa shape index (κ2) is 9.13. The van der Waals surface area contributed by atoms with Gasteiger partial charge in [-0.15, -0.1) is 0 Å². The summed E-state index contributed by atoms with van der Waals surface area (Å²) in [5.41, 5.74) is 0.464. The van der Waals surface area contributed by atoms with Gasteiger partial charge in [0.1, 0.15) is 17.5 Å². The Morgan fingerprint density at radius 1 is 1.22 bits per heavy atom. The van der Waals surface area contributed by atoms with Gasteiger partial charge in [-0.2, -0.15) is 0 Å². The lowest BCUT2D eigenvalue weighted by Gasteiger charge is -2.19. The fraction of sp³-hybridized carbons (Fsp3) is 0.444. The van der Waals surface area contributed by atoms with Crippen molar-refractivity contribution in [2.75, 3.05) is 31.6 Å². The number of ether oxygens (including phenoxy) is 2. The summed E-state index contributed by atoms with van der Waals surface area (Å²) < 4.78 is 10.5. The van der Waals surface area contributed by atoms with Crippen molar-refractivity contribution in [1.29, 1.82) is 0 Å². The predicted octanol–water partition coefficient (Wildman–Crippen LogP) is 3.10. The van der Waals surface area contributed by atoms with Crippen LogP contribution in [-0.2, 0) is 9.47 Å². The second-order valence-corrected chi connectivity index (χ2v) is 6.76. The van der Waals surface area contributed by atoms with Crippen molar-refractivity contribution in [2.45, 2.75) is 26.4 Å². The van der Waals surface area contributed by atoms with E-state index in [0.717, 1.165) is 0 Å². The lowest BCUT2D eigenvalue weighted by molar-refractivity contribution is -0.384. The molecule has 9 heteroatoms. The Morgan fingerprint density at radius 3 is 2.63 bits per heavy atom. The van der Waals surface area contributed by atoms with E-state index in [1.54, 1.807) is 39.0 Å². The Bertz CT molecular complexity index is 804. The van der Waals surface area contributed by atoms with Crippen LogP contribution in [0.1, 0.15) is 20.8 Å². The van der Waals surface area contributed by atoms with Crippen LogP contribution in [0.4, 0.5) is 16.2 Å². The SMILES string of the molecule is CC(C)(C)OC(=O)NCCOCCNc1c([N+](=O)[O-])cnc2ccccc12. The molecule has 0 saturated heterocycles. The number of para-hydroxylation sites is 1. The van der Waals surface area contributed by atoms with E-state index in [9.17, 15) is 14.9 Å². The normalized spacial score (nSPS) is 11.2. The molecule has 0 radical (unpaired) electrons. The third-order valence-electron chi connectivity index (χ3n) is 3.41. The fourth-order valence-corrected chi connectivity index (χ4v) is 2.34. The van der Waals surface area contributed by atoms with E-state index in [4.69, 9.17) is 9.47 Å². The summed E-state index contributed by atoms with van der Waals surface area (Å²) in [6.45, 7) is 6.68. The molecule has 0 aliphatic rings. The van der Waals surface area contributed by atoms with E-state index in [1.807, 2.05) is 6.07 Å². The van der Waals surface area contributed by atoms with Crippen LogP contribution < -0.4 is 10.6 Å². The maximum absolute atomic E-state index is 11.5. The number of fused-ring (bicyclic) bond motifs is 1. The molecular weight excluding hydrogens is 352 g/mol. The van der Waals surface area contributed by atoms with Gasteiger partial charge in [-0.25, -0.2) is 9.78 Å². The van der Waals surface area contributed by atoms with Crippen molar-refractivity contribution in [1.82, 2.24) is 10.3 Å². The summed E-state index contributed by atoms with van der Waals surface area (Å²) >= 11 is 0. The van der Waals surface area contributed by atoms with Crippen molar-refractivity contribution < 1.29 is 19.2 Å². The number of amides is 1. The maximum Gasteiger partial charge on any atom is 0.407 e. The average molecular weight is 376 g/mol. The molecule has 1 heterocycles. The zero-order valence-corrected chi connectivity index (χ0v) is 15.7. The quantitative estimate of drug-likeness (QED) is 0.413. The Labute approximate surface area is 157 Å². The molecule has 0 unspecified atom stereocenters. The molecule has 2 aromatic rings. The monoisotopic (exact) mass is 376 g/mol. The number of rotatable bonds is 8. The summed E-state index contributed by atoms with van der Waals surface area (Å²) in [7, 11) is 0. The number of aromatic nitrogens is 1. The van der Waals surface area contributed by atoms with E-state index < -0.39 is 16.6 Å². The molecule has 9 nitrogen and oxygen atoms in total. The standard InChI is InChI=1S/C18H24N4O5/c1-18(2,3)27-17(23)20-9-11-26-10-8-19-16-13-6-4-5-7-14(13)21-12-15(16)22(24)25/h4-7,12H,8-11H2,1-3H3,(H,19,21)(H,20,23). The van der Waals surface area contributed by atoms with E-state index in [2.05, 4.69) is 15.6 Å². The minimum absolute atomic E-state index is 0.0831. The van der Waals surface area contributed by atoms with Gasteiger partial charge >= 0.3 is 11.8 Å². The molecule has 0 bridgehead atoms. The van der Waals surface area contributed by atoms with Crippen LogP contribution in [0, 0.1) is 10.1 Å². The van der Waals surface area contributed by atoms with Crippen molar-refractivity contribution in [3.05, 3.63) is 40.6 Å². The number of benzene rings is 1. The van der Waals surface area contributed by atoms with Crippen molar-refractivity contribution in [3.63, 3.8) is 0 Å². The molecule has 2 N–H and O–H groups in total. The molecule has 1 amide bonds. The van der Waals surface area contributed by atoms with E-state index in [0.29, 0.717) is 42.9 Å². The van der Waals surface area contributed by atoms with Crippen LogP contribution in [0.3, 0.4) is 0 Å². The van der Waals surface area contributed by atoms with E-state index in [1.165, 1.54) is 6.20 Å². The molecule has 146 valence electrons. The number of anilines is 1. The average Bonchev–Trinajstić information content (AvgIpc) is 2.59. The molecule has 1 aromatic carbocycles. The fourth-order valence-electron chi connectivity index (χ4n) is 2.34. The number of pyridine rings is 1. The smallest absolute Gasteiger partial charge is 0.407 e. The molecule has 0 fully saturated rings. The van der Waals surface area contributed by atoms with Gasteiger partial charge in [0, 0.05) is 18.5 Å². The van der Waals surface area contributed by atoms with Gasteiger partial charge in [-0.3, -0.25) is 10.1 Å². The maximum atomic E-state index is 11.5.